The van der Waals surface area contributed by atoms with E-state index in [-0.39, 0.29) is 22.5 Å². The van der Waals surface area contributed by atoms with Gasteiger partial charge in [0, 0.05) is 37.4 Å². The Labute approximate surface area is 171 Å². The number of benzene rings is 1. The average molecular weight is 407 g/mol. The minimum atomic E-state index is -0.383. The van der Waals surface area contributed by atoms with E-state index in [4.69, 9.17) is 0 Å². The maximum absolute atomic E-state index is 13.5. The molecule has 4 nitrogen and oxygen atoms in total. The molecule has 2 amide bonds. The van der Waals surface area contributed by atoms with E-state index in [1.54, 1.807) is 12.1 Å². The second-order valence-corrected chi connectivity index (χ2v) is 9.26. The number of halogens is 1. The van der Waals surface area contributed by atoms with Crippen molar-refractivity contribution >= 4 is 23.6 Å². The molecule has 6 heteroatoms. The number of piperidine rings is 1. The quantitative estimate of drug-likeness (QED) is 0.617. The molecule has 0 bridgehead atoms. The normalized spacial score (nSPS) is 18.6. The molecule has 0 radical (unpaired) electrons. The zero-order chi connectivity index (χ0) is 20.0. The Morgan fingerprint density at radius 2 is 1.86 bits per heavy atom. The Morgan fingerprint density at radius 1 is 1.11 bits per heavy atom. The first-order valence-corrected chi connectivity index (χ1v) is 11.5. The van der Waals surface area contributed by atoms with Crippen molar-refractivity contribution in [3.8, 4) is 0 Å². The maximum atomic E-state index is 13.5. The number of hydrogen-bond donors (Lipinski definition) is 0. The zero-order valence-corrected chi connectivity index (χ0v) is 17.6. The first-order chi connectivity index (χ1) is 13.6. The molecule has 2 aliphatic heterocycles. The Hall–Kier alpha value is -1.56. The van der Waals surface area contributed by atoms with E-state index in [0.29, 0.717) is 31.6 Å². The van der Waals surface area contributed by atoms with Crippen molar-refractivity contribution in [2.24, 2.45) is 0 Å². The van der Waals surface area contributed by atoms with Crippen LogP contribution in [0, 0.1) is 5.82 Å². The standard InChI is InChI=1S/C22H31FN2O2S/c1-2-3-4-5-6-10-20(26)24-13-11-22(12-14-24)25(15-16-28-22)21(27)18-8-7-9-19(23)17-18/h7-9,17H,2-6,10-16H2,1H3. The summed E-state index contributed by atoms with van der Waals surface area (Å²) in [5.41, 5.74) is 0.410. The first-order valence-electron chi connectivity index (χ1n) is 10.5. The van der Waals surface area contributed by atoms with Crippen LogP contribution in [-0.4, -0.2) is 51.9 Å². The summed E-state index contributed by atoms with van der Waals surface area (Å²) in [5.74, 6) is 0.663. The summed E-state index contributed by atoms with van der Waals surface area (Å²) < 4.78 is 13.5. The molecule has 2 fully saturated rings. The Morgan fingerprint density at radius 3 is 2.57 bits per heavy atom. The molecule has 3 rings (SSSR count). The highest BCUT2D eigenvalue weighted by Crippen LogP contribution is 2.44. The number of thioether (sulfide) groups is 1. The third kappa shape index (κ3) is 4.88. The van der Waals surface area contributed by atoms with Crippen LogP contribution in [0.25, 0.3) is 0 Å². The predicted octanol–water partition coefficient (Wildman–Crippen LogP) is 4.69. The largest absolute Gasteiger partial charge is 0.342 e. The lowest BCUT2D eigenvalue weighted by Crippen LogP contribution is -2.53. The SMILES string of the molecule is CCCCCCCC(=O)N1CCC2(CC1)SCCN2C(=O)c1cccc(F)c1. The van der Waals surface area contributed by atoms with E-state index in [0.717, 1.165) is 31.4 Å². The fraction of sp³-hybridized carbons (Fsp3) is 0.636. The summed E-state index contributed by atoms with van der Waals surface area (Å²) in [5, 5.41) is 0. The molecule has 0 aromatic heterocycles. The van der Waals surface area contributed by atoms with Gasteiger partial charge in [0.05, 0.1) is 4.87 Å². The summed E-state index contributed by atoms with van der Waals surface area (Å²) in [7, 11) is 0. The minimum Gasteiger partial charge on any atom is -0.342 e. The van der Waals surface area contributed by atoms with Crippen LogP contribution in [0.15, 0.2) is 24.3 Å². The van der Waals surface area contributed by atoms with E-state index in [1.165, 1.54) is 31.4 Å². The molecule has 0 atom stereocenters. The van der Waals surface area contributed by atoms with Gasteiger partial charge in [0.1, 0.15) is 5.82 Å². The molecule has 1 spiro atoms. The topological polar surface area (TPSA) is 40.6 Å². The lowest BCUT2D eigenvalue weighted by Gasteiger charge is -2.44. The number of nitrogens with zero attached hydrogens (tertiary/aromatic N) is 2. The van der Waals surface area contributed by atoms with Crippen LogP contribution in [0.2, 0.25) is 0 Å². The number of rotatable bonds is 7. The van der Waals surface area contributed by atoms with Gasteiger partial charge in [-0.15, -0.1) is 11.8 Å². The van der Waals surface area contributed by atoms with Crippen LogP contribution in [0.1, 0.15) is 68.6 Å². The third-order valence-corrected chi connectivity index (χ3v) is 7.44. The van der Waals surface area contributed by atoms with Gasteiger partial charge < -0.3 is 9.80 Å². The van der Waals surface area contributed by atoms with Crippen molar-refractivity contribution in [1.29, 1.82) is 0 Å². The third-order valence-electron chi connectivity index (χ3n) is 5.89. The second-order valence-electron chi connectivity index (χ2n) is 7.81. The van der Waals surface area contributed by atoms with Gasteiger partial charge in [-0.1, -0.05) is 38.7 Å². The van der Waals surface area contributed by atoms with E-state index in [2.05, 4.69) is 6.92 Å². The minimum absolute atomic E-state index is 0.0970. The van der Waals surface area contributed by atoms with Crippen molar-refractivity contribution < 1.29 is 14.0 Å². The Kier molecular flexibility index (Phi) is 7.38. The molecular weight excluding hydrogens is 375 g/mol. The molecular formula is C22H31FN2O2S. The van der Waals surface area contributed by atoms with Crippen LogP contribution in [0.4, 0.5) is 4.39 Å². The predicted molar refractivity (Wildman–Crippen MR) is 112 cm³/mol. The van der Waals surface area contributed by atoms with E-state index in [9.17, 15) is 14.0 Å². The van der Waals surface area contributed by atoms with Gasteiger partial charge in [-0.2, -0.15) is 0 Å². The van der Waals surface area contributed by atoms with Crippen molar-refractivity contribution in [3.63, 3.8) is 0 Å². The Bertz CT molecular complexity index is 689. The monoisotopic (exact) mass is 406 g/mol. The highest BCUT2D eigenvalue weighted by atomic mass is 32.2. The van der Waals surface area contributed by atoms with Gasteiger partial charge in [-0.05, 0) is 37.5 Å². The van der Waals surface area contributed by atoms with Gasteiger partial charge >= 0.3 is 0 Å². The molecule has 2 heterocycles. The number of likely N-dealkylation sites (tertiary alicyclic amines) is 1. The summed E-state index contributed by atoms with van der Waals surface area (Å²) in [6.07, 6.45) is 7.98. The molecule has 2 saturated heterocycles. The van der Waals surface area contributed by atoms with Crippen molar-refractivity contribution in [1.82, 2.24) is 9.80 Å². The highest BCUT2D eigenvalue weighted by Gasteiger charge is 2.47. The fourth-order valence-corrected chi connectivity index (χ4v) is 5.69. The van der Waals surface area contributed by atoms with Gasteiger partial charge in [-0.3, -0.25) is 9.59 Å². The lowest BCUT2D eigenvalue weighted by atomic mass is 10.00. The van der Waals surface area contributed by atoms with Crippen molar-refractivity contribution in [3.05, 3.63) is 35.6 Å². The van der Waals surface area contributed by atoms with Crippen LogP contribution >= 0.6 is 11.8 Å². The Balaban J connectivity index is 1.54. The molecule has 0 aliphatic carbocycles. The van der Waals surface area contributed by atoms with Crippen LogP contribution in [-0.2, 0) is 4.79 Å². The molecule has 154 valence electrons. The molecule has 28 heavy (non-hydrogen) atoms. The summed E-state index contributed by atoms with van der Waals surface area (Å²) >= 11 is 1.82. The van der Waals surface area contributed by atoms with E-state index >= 15 is 0 Å². The molecule has 0 N–H and O–H groups in total. The fourth-order valence-electron chi connectivity index (χ4n) is 4.23. The van der Waals surface area contributed by atoms with Crippen LogP contribution in [0.3, 0.4) is 0 Å². The number of carbonyl (C=O) groups is 2. The number of unbranched alkanes of at least 4 members (excludes halogenated alkanes) is 4. The number of amides is 2. The van der Waals surface area contributed by atoms with E-state index < -0.39 is 0 Å². The first kappa shape index (κ1) is 21.2. The lowest BCUT2D eigenvalue weighted by molar-refractivity contribution is -0.132. The van der Waals surface area contributed by atoms with Crippen molar-refractivity contribution in [2.75, 3.05) is 25.4 Å². The highest BCUT2D eigenvalue weighted by molar-refractivity contribution is 8.00. The molecule has 1 aromatic carbocycles. The van der Waals surface area contributed by atoms with Crippen LogP contribution in [0.5, 0.6) is 0 Å². The van der Waals surface area contributed by atoms with Gasteiger partial charge in [0.15, 0.2) is 0 Å². The molecule has 1 aromatic rings. The summed E-state index contributed by atoms with van der Waals surface area (Å²) in [6.45, 7) is 4.28. The average Bonchev–Trinajstić information content (AvgIpc) is 3.10. The second kappa shape index (κ2) is 9.77. The molecule has 0 unspecified atom stereocenters. The van der Waals surface area contributed by atoms with E-state index in [1.807, 2.05) is 21.6 Å². The van der Waals surface area contributed by atoms with Gasteiger partial charge in [0.2, 0.25) is 5.91 Å². The van der Waals surface area contributed by atoms with Gasteiger partial charge in [0.25, 0.3) is 5.91 Å². The number of carbonyl (C=O) groups excluding carboxylic acids is 2. The maximum Gasteiger partial charge on any atom is 0.255 e. The van der Waals surface area contributed by atoms with Gasteiger partial charge in [-0.25, -0.2) is 4.39 Å². The van der Waals surface area contributed by atoms with Crippen molar-refractivity contribution in [2.45, 2.75) is 63.2 Å². The molecule has 2 aliphatic rings. The zero-order valence-electron chi connectivity index (χ0n) is 16.8. The number of hydrogen-bond acceptors (Lipinski definition) is 3. The summed E-state index contributed by atoms with van der Waals surface area (Å²) in [4.78, 5) is 29.1. The summed E-state index contributed by atoms with van der Waals surface area (Å²) in [6, 6.07) is 5.94. The van der Waals surface area contributed by atoms with Crippen LogP contribution < -0.4 is 0 Å². The smallest absolute Gasteiger partial charge is 0.255 e. The molecule has 0 saturated carbocycles.